The molecule has 4 rings (SSSR count). The van der Waals surface area contributed by atoms with Crippen molar-refractivity contribution in [1.29, 1.82) is 0 Å². The zero-order chi connectivity index (χ0) is 32.1. The highest BCUT2D eigenvalue weighted by Gasteiger charge is 2.33. The second kappa shape index (κ2) is 16.4. The number of amides is 2. The molecule has 1 atom stereocenters. The molecule has 0 aromatic heterocycles. The average molecular weight is 628 g/mol. The van der Waals surface area contributed by atoms with Gasteiger partial charge in [-0.3, -0.25) is 13.9 Å². The SMILES string of the molecule is CCCCNC(=O)[C@H](Cc1ccccc1)N(Cc1ccccc1)C(=O)CN(c1ccc(OCc2ccccc2)cc1)S(C)(=O)=O. The molecule has 236 valence electrons. The second-order valence-corrected chi connectivity index (χ2v) is 12.8. The van der Waals surface area contributed by atoms with Gasteiger partial charge in [-0.05, 0) is 47.4 Å². The number of nitrogens with zero attached hydrogens (tertiary/aromatic N) is 2. The molecule has 45 heavy (non-hydrogen) atoms. The lowest BCUT2D eigenvalue weighted by Crippen LogP contribution is -2.53. The maximum absolute atomic E-state index is 14.2. The molecule has 0 heterocycles. The van der Waals surface area contributed by atoms with Gasteiger partial charge in [0.25, 0.3) is 0 Å². The Morgan fingerprint density at radius 3 is 1.89 bits per heavy atom. The zero-order valence-corrected chi connectivity index (χ0v) is 26.7. The summed E-state index contributed by atoms with van der Waals surface area (Å²) in [6.45, 7) is 2.57. The van der Waals surface area contributed by atoms with Gasteiger partial charge in [-0.2, -0.15) is 0 Å². The van der Waals surface area contributed by atoms with Crippen molar-refractivity contribution < 1.29 is 22.7 Å². The van der Waals surface area contributed by atoms with Crippen molar-refractivity contribution in [1.82, 2.24) is 10.2 Å². The van der Waals surface area contributed by atoms with Crippen LogP contribution in [0.25, 0.3) is 0 Å². The van der Waals surface area contributed by atoms with E-state index in [9.17, 15) is 18.0 Å². The molecule has 0 radical (unpaired) electrons. The number of benzene rings is 4. The topological polar surface area (TPSA) is 96.0 Å². The van der Waals surface area contributed by atoms with Crippen LogP contribution in [0, 0.1) is 0 Å². The van der Waals surface area contributed by atoms with E-state index in [-0.39, 0.29) is 18.9 Å². The van der Waals surface area contributed by atoms with Gasteiger partial charge in [-0.1, -0.05) is 104 Å². The first-order chi connectivity index (χ1) is 21.7. The minimum Gasteiger partial charge on any atom is -0.489 e. The fourth-order valence-electron chi connectivity index (χ4n) is 4.90. The van der Waals surface area contributed by atoms with Crippen molar-refractivity contribution in [2.75, 3.05) is 23.7 Å². The van der Waals surface area contributed by atoms with E-state index in [1.54, 1.807) is 24.3 Å². The maximum atomic E-state index is 14.2. The van der Waals surface area contributed by atoms with Crippen LogP contribution in [0.15, 0.2) is 115 Å². The lowest BCUT2D eigenvalue weighted by atomic mass is 10.0. The summed E-state index contributed by atoms with van der Waals surface area (Å²) < 4.78 is 33.1. The number of rotatable bonds is 16. The van der Waals surface area contributed by atoms with Gasteiger partial charge in [0.1, 0.15) is 24.9 Å². The van der Waals surface area contributed by atoms with Crippen LogP contribution in [0.3, 0.4) is 0 Å². The molecule has 8 nitrogen and oxygen atoms in total. The number of hydrogen-bond acceptors (Lipinski definition) is 5. The molecule has 4 aromatic rings. The first kappa shape index (κ1) is 33.3. The Morgan fingerprint density at radius 1 is 0.778 bits per heavy atom. The molecule has 0 aliphatic carbocycles. The fourth-order valence-corrected chi connectivity index (χ4v) is 5.75. The summed E-state index contributed by atoms with van der Waals surface area (Å²) in [6.07, 6.45) is 3.07. The molecule has 2 amide bonds. The van der Waals surface area contributed by atoms with Crippen LogP contribution in [-0.2, 0) is 39.2 Å². The molecule has 9 heteroatoms. The number of ether oxygens (including phenoxy) is 1. The average Bonchev–Trinajstić information content (AvgIpc) is 3.05. The Hall–Kier alpha value is -4.63. The first-order valence-corrected chi connectivity index (χ1v) is 17.0. The van der Waals surface area contributed by atoms with Crippen LogP contribution in [0.1, 0.15) is 36.5 Å². The molecule has 0 fully saturated rings. The van der Waals surface area contributed by atoms with Crippen molar-refractivity contribution in [2.24, 2.45) is 0 Å². The highest BCUT2D eigenvalue weighted by atomic mass is 32.2. The number of hydrogen-bond donors (Lipinski definition) is 1. The maximum Gasteiger partial charge on any atom is 0.244 e. The largest absolute Gasteiger partial charge is 0.489 e. The van der Waals surface area contributed by atoms with Gasteiger partial charge in [0.15, 0.2) is 0 Å². The van der Waals surface area contributed by atoms with E-state index in [1.807, 2.05) is 97.9 Å². The predicted molar refractivity (Wildman–Crippen MR) is 178 cm³/mol. The number of nitrogens with one attached hydrogen (secondary N) is 1. The molecule has 0 aliphatic rings. The summed E-state index contributed by atoms with van der Waals surface area (Å²) in [5, 5.41) is 2.99. The van der Waals surface area contributed by atoms with Crippen LogP contribution >= 0.6 is 0 Å². The van der Waals surface area contributed by atoms with Crippen molar-refractivity contribution in [2.45, 2.75) is 45.4 Å². The van der Waals surface area contributed by atoms with Gasteiger partial charge in [-0.25, -0.2) is 8.42 Å². The van der Waals surface area contributed by atoms with Gasteiger partial charge < -0.3 is 15.0 Å². The molecule has 1 N–H and O–H groups in total. The van der Waals surface area contributed by atoms with Crippen LogP contribution in [0.5, 0.6) is 5.75 Å². The highest BCUT2D eigenvalue weighted by molar-refractivity contribution is 7.92. The number of anilines is 1. The van der Waals surface area contributed by atoms with Gasteiger partial charge in [-0.15, -0.1) is 0 Å². The van der Waals surface area contributed by atoms with Crippen molar-refractivity contribution in [3.05, 3.63) is 132 Å². The Morgan fingerprint density at radius 2 is 1.33 bits per heavy atom. The second-order valence-electron chi connectivity index (χ2n) is 10.9. The molecule has 4 aromatic carbocycles. The summed E-state index contributed by atoms with van der Waals surface area (Å²) in [5.74, 6) is -0.192. The molecule has 0 unspecified atom stereocenters. The van der Waals surface area contributed by atoms with E-state index in [0.717, 1.165) is 40.1 Å². The van der Waals surface area contributed by atoms with Crippen molar-refractivity contribution in [3.8, 4) is 5.75 Å². The summed E-state index contributed by atoms with van der Waals surface area (Å²) in [6, 6.07) is 34.4. The third-order valence-corrected chi connectivity index (χ3v) is 8.49. The van der Waals surface area contributed by atoms with Gasteiger partial charge in [0, 0.05) is 19.5 Å². The summed E-state index contributed by atoms with van der Waals surface area (Å²) in [5.41, 5.74) is 3.05. The Labute approximate surface area is 266 Å². The lowest BCUT2D eigenvalue weighted by Gasteiger charge is -2.33. The molecule has 0 bridgehead atoms. The van der Waals surface area contributed by atoms with Crippen LogP contribution in [0.4, 0.5) is 5.69 Å². The van der Waals surface area contributed by atoms with Crippen molar-refractivity contribution in [3.63, 3.8) is 0 Å². The predicted octanol–water partition coefficient (Wildman–Crippen LogP) is 5.59. The molecule has 0 saturated heterocycles. The third-order valence-electron chi connectivity index (χ3n) is 7.35. The van der Waals surface area contributed by atoms with Gasteiger partial charge >= 0.3 is 0 Å². The van der Waals surface area contributed by atoms with E-state index >= 15 is 0 Å². The quantitative estimate of drug-likeness (QED) is 0.164. The van der Waals surface area contributed by atoms with E-state index in [1.165, 1.54) is 4.90 Å². The zero-order valence-electron chi connectivity index (χ0n) is 25.8. The number of carbonyl (C=O) groups excluding carboxylic acids is 2. The molecular formula is C36H41N3O5S. The Bertz CT molecular complexity index is 1600. The molecule has 0 spiro atoms. The third kappa shape index (κ3) is 10.2. The minimum atomic E-state index is -3.87. The van der Waals surface area contributed by atoms with E-state index in [2.05, 4.69) is 5.32 Å². The monoisotopic (exact) mass is 627 g/mol. The fraction of sp³-hybridized carbons (Fsp3) is 0.278. The molecular weight excluding hydrogens is 586 g/mol. The van der Waals surface area contributed by atoms with Crippen LogP contribution in [0.2, 0.25) is 0 Å². The smallest absolute Gasteiger partial charge is 0.244 e. The Balaban J connectivity index is 1.61. The van der Waals surface area contributed by atoms with E-state index < -0.39 is 28.5 Å². The van der Waals surface area contributed by atoms with E-state index in [4.69, 9.17) is 4.74 Å². The molecule has 0 saturated carbocycles. The van der Waals surface area contributed by atoms with Gasteiger partial charge in [0.2, 0.25) is 21.8 Å². The number of unbranched alkanes of at least 4 members (excludes halogenated alkanes) is 1. The van der Waals surface area contributed by atoms with Gasteiger partial charge in [0.05, 0.1) is 11.9 Å². The Kier molecular flexibility index (Phi) is 12.2. The first-order valence-electron chi connectivity index (χ1n) is 15.1. The number of sulfonamides is 1. The number of carbonyl (C=O) groups is 2. The summed E-state index contributed by atoms with van der Waals surface area (Å²) in [4.78, 5) is 29.3. The lowest BCUT2D eigenvalue weighted by molar-refractivity contribution is -0.140. The summed E-state index contributed by atoms with van der Waals surface area (Å²) in [7, 11) is -3.87. The van der Waals surface area contributed by atoms with E-state index in [0.29, 0.717) is 24.6 Å². The van der Waals surface area contributed by atoms with Crippen LogP contribution < -0.4 is 14.4 Å². The summed E-state index contributed by atoms with van der Waals surface area (Å²) >= 11 is 0. The highest BCUT2D eigenvalue weighted by Crippen LogP contribution is 2.24. The minimum absolute atomic E-state index is 0.141. The molecule has 0 aliphatic heterocycles. The van der Waals surface area contributed by atoms with Crippen LogP contribution in [-0.4, -0.2) is 50.5 Å². The standard InChI is InChI=1S/C36H41N3O5S/c1-3-4-24-37-36(41)34(25-29-14-8-5-9-15-29)38(26-30-16-10-6-11-17-30)35(40)27-39(45(2,42)43)32-20-22-33(23-21-32)44-28-31-18-12-7-13-19-31/h5-23,34H,3-4,24-28H2,1-2H3,(H,37,41)/t34-/m0/s1. The van der Waals surface area contributed by atoms with Crippen molar-refractivity contribution >= 4 is 27.5 Å². The normalized spacial score (nSPS) is 11.8.